The van der Waals surface area contributed by atoms with E-state index in [1.165, 1.54) is 5.56 Å². The van der Waals surface area contributed by atoms with Crippen LogP contribution in [0.3, 0.4) is 0 Å². The van der Waals surface area contributed by atoms with E-state index in [0.717, 1.165) is 30.3 Å². The summed E-state index contributed by atoms with van der Waals surface area (Å²) >= 11 is 0. The zero-order valence-corrected chi connectivity index (χ0v) is 16.4. The number of benzene rings is 1. The molecule has 0 spiro atoms. The average Bonchev–Trinajstić information content (AvgIpc) is 3.42. The number of nitrogens with one attached hydrogen (secondary N) is 1. The molecule has 1 aromatic carbocycles. The van der Waals surface area contributed by atoms with Gasteiger partial charge >= 0.3 is 0 Å². The van der Waals surface area contributed by atoms with Crippen LogP contribution in [0.4, 0.5) is 0 Å². The topological polar surface area (TPSA) is 79.7 Å². The van der Waals surface area contributed by atoms with Crippen molar-refractivity contribution in [3.63, 3.8) is 0 Å². The summed E-state index contributed by atoms with van der Waals surface area (Å²) in [6.07, 6.45) is 4.87. The molecule has 1 aliphatic heterocycles. The van der Waals surface area contributed by atoms with E-state index >= 15 is 0 Å². The van der Waals surface area contributed by atoms with Gasteiger partial charge in [-0.25, -0.2) is 14.6 Å². The van der Waals surface area contributed by atoms with E-state index in [-0.39, 0.29) is 17.7 Å². The molecule has 3 heterocycles. The number of hydrogen-bond acceptors (Lipinski definition) is 4. The van der Waals surface area contributed by atoms with Gasteiger partial charge in [-0.2, -0.15) is 5.10 Å². The van der Waals surface area contributed by atoms with Crippen LogP contribution in [-0.2, 0) is 24.3 Å². The lowest BCUT2D eigenvalue weighted by molar-refractivity contribution is -0.128. The highest BCUT2D eigenvalue weighted by atomic mass is 16.2. The van der Waals surface area contributed by atoms with Gasteiger partial charge < -0.3 is 9.88 Å². The fourth-order valence-electron chi connectivity index (χ4n) is 3.63. The first-order chi connectivity index (χ1) is 13.6. The highest BCUT2D eigenvalue weighted by Crippen LogP contribution is 2.29. The molecule has 1 fully saturated rings. The Labute approximate surface area is 164 Å². The van der Waals surface area contributed by atoms with Crippen molar-refractivity contribution in [2.75, 3.05) is 6.54 Å². The second kappa shape index (κ2) is 7.96. The van der Waals surface area contributed by atoms with Crippen LogP contribution in [0, 0.1) is 0 Å². The van der Waals surface area contributed by atoms with E-state index in [4.69, 9.17) is 4.98 Å². The van der Waals surface area contributed by atoms with Crippen molar-refractivity contribution in [1.82, 2.24) is 29.6 Å². The first kappa shape index (κ1) is 18.4. The fourth-order valence-corrected chi connectivity index (χ4v) is 3.63. The Morgan fingerprint density at radius 1 is 1.25 bits per heavy atom. The molecule has 7 heteroatoms. The fraction of sp³-hybridized carbons (Fsp3) is 0.429. The van der Waals surface area contributed by atoms with Crippen LogP contribution in [0.15, 0.2) is 42.9 Å². The van der Waals surface area contributed by atoms with E-state index in [9.17, 15) is 4.79 Å². The van der Waals surface area contributed by atoms with Crippen molar-refractivity contribution >= 4 is 5.91 Å². The molecule has 7 nitrogen and oxygen atoms in total. The van der Waals surface area contributed by atoms with Crippen molar-refractivity contribution in [3.05, 3.63) is 65.8 Å². The maximum atomic E-state index is 12.6. The zero-order valence-electron chi connectivity index (χ0n) is 16.4. The van der Waals surface area contributed by atoms with Crippen LogP contribution >= 0.6 is 0 Å². The molecule has 2 aromatic heterocycles. The molecule has 1 aliphatic rings. The molecule has 1 N–H and O–H groups in total. The molecular formula is C21H26N6O. The SMILES string of the molecule is CC(C)c1nc(CN2C[C@H](c3ccccc3)CC2=O)n(CCc2cnc[nH]2)n1. The molecule has 146 valence electrons. The normalized spacial score (nSPS) is 17.0. The van der Waals surface area contributed by atoms with Gasteiger partial charge in [0.1, 0.15) is 5.82 Å². The zero-order chi connectivity index (χ0) is 19.5. The number of hydrogen-bond donors (Lipinski definition) is 1. The molecule has 1 saturated heterocycles. The van der Waals surface area contributed by atoms with Gasteiger partial charge in [0, 0.05) is 49.7 Å². The second-order valence-corrected chi connectivity index (χ2v) is 7.68. The summed E-state index contributed by atoms with van der Waals surface area (Å²) in [5, 5.41) is 4.69. The molecule has 3 aromatic rings. The number of aromatic nitrogens is 5. The highest BCUT2D eigenvalue weighted by Gasteiger charge is 2.31. The number of rotatable bonds is 7. The molecule has 28 heavy (non-hydrogen) atoms. The molecule has 0 saturated carbocycles. The maximum Gasteiger partial charge on any atom is 0.223 e. The maximum absolute atomic E-state index is 12.6. The van der Waals surface area contributed by atoms with E-state index < -0.39 is 0 Å². The van der Waals surface area contributed by atoms with Crippen LogP contribution in [0.2, 0.25) is 0 Å². The minimum absolute atomic E-state index is 0.183. The Kier molecular flexibility index (Phi) is 5.23. The third-order valence-corrected chi connectivity index (χ3v) is 5.25. The van der Waals surface area contributed by atoms with Crippen LogP contribution in [0.5, 0.6) is 0 Å². The lowest BCUT2D eigenvalue weighted by Crippen LogP contribution is -2.26. The monoisotopic (exact) mass is 378 g/mol. The van der Waals surface area contributed by atoms with Gasteiger partial charge in [-0.3, -0.25) is 4.79 Å². The Balaban J connectivity index is 1.49. The van der Waals surface area contributed by atoms with Crippen LogP contribution in [0.25, 0.3) is 0 Å². The third-order valence-electron chi connectivity index (χ3n) is 5.25. The molecule has 0 aliphatic carbocycles. The minimum atomic E-state index is 0.183. The van der Waals surface area contributed by atoms with Crippen molar-refractivity contribution in [2.24, 2.45) is 0 Å². The predicted molar refractivity (Wildman–Crippen MR) is 106 cm³/mol. The number of carbonyl (C=O) groups excluding carboxylic acids is 1. The predicted octanol–water partition coefficient (Wildman–Crippen LogP) is 2.88. The number of amides is 1. The van der Waals surface area contributed by atoms with Gasteiger partial charge in [-0.15, -0.1) is 0 Å². The molecule has 1 amide bonds. The lowest BCUT2D eigenvalue weighted by atomic mass is 9.99. The third kappa shape index (κ3) is 3.98. The van der Waals surface area contributed by atoms with Crippen molar-refractivity contribution in [2.45, 2.75) is 51.6 Å². The van der Waals surface area contributed by atoms with Crippen LogP contribution in [-0.4, -0.2) is 42.1 Å². The smallest absolute Gasteiger partial charge is 0.223 e. The largest absolute Gasteiger partial charge is 0.348 e. The van der Waals surface area contributed by atoms with Crippen LogP contribution < -0.4 is 0 Å². The molecule has 0 unspecified atom stereocenters. The Bertz CT molecular complexity index is 916. The van der Waals surface area contributed by atoms with Crippen molar-refractivity contribution < 1.29 is 4.79 Å². The number of H-pyrrole nitrogens is 1. The average molecular weight is 378 g/mol. The number of aromatic amines is 1. The number of nitrogens with zero attached hydrogens (tertiary/aromatic N) is 5. The van der Waals surface area contributed by atoms with E-state index in [1.807, 2.05) is 34.0 Å². The van der Waals surface area contributed by atoms with Gasteiger partial charge in [0.15, 0.2) is 5.82 Å². The summed E-state index contributed by atoms with van der Waals surface area (Å²) in [5.41, 5.74) is 2.29. The van der Waals surface area contributed by atoms with E-state index in [2.05, 4.69) is 41.0 Å². The molecular weight excluding hydrogens is 352 g/mol. The molecule has 1 atom stereocenters. The Hall–Kier alpha value is -2.96. The Morgan fingerprint density at radius 3 is 2.79 bits per heavy atom. The van der Waals surface area contributed by atoms with Crippen molar-refractivity contribution in [1.29, 1.82) is 0 Å². The lowest BCUT2D eigenvalue weighted by Gasteiger charge is -2.16. The summed E-state index contributed by atoms with van der Waals surface area (Å²) in [5.74, 6) is 2.36. The van der Waals surface area contributed by atoms with Gasteiger partial charge in [-0.1, -0.05) is 44.2 Å². The van der Waals surface area contributed by atoms with Gasteiger partial charge in [0.05, 0.1) is 12.9 Å². The van der Waals surface area contributed by atoms with Crippen LogP contribution in [0.1, 0.15) is 55.0 Å². The molecule has 0 bridgehead atoms. The van der Waals surface area contributed by atoms with E-state index in [0.29, 0.717) is 19.5 Å². The highest BCUT2D eigenvalue weighted by molar-refractivity contribution is 5.79. The summed E-state index contributed by atoms with van der Waals surface area (Å²) in [7, 11) is 0. The van der Waals surface area contributed by atoms with Gasteiger partial charge in [0.25, 0.3) is 0 Å². The number of imidazole rings is 1. The van der Waals surface area contributed by atoms with Crippen molar-refractivity contribution in [3.8, 4) is 0 Å². The summed E-state index contributed by atoms with van der Waals surface area (Å²) < 4.78 is 1.94. The molecule has 0 radical (unpaired) electrons. The number of aryl methyl sites for hydroxylation is 2. The van der Waals surface area contributed by atoms with E-state index in [1.54, 1.807) is 6.33 Å². The summed E-state index contributed by atoms with van der Waals surface area (Å²) in [6.45, 7) is 6.12. The minimum Gasteiger partial charge on any atom is -0.348 e. The standard InChI is InChI=1S/C21H26N6O/c1-15(2)21-24-19(27(25-21)9-8-18-11-22-14-23-18)13-26-12-17(10-20(26)28)16-6-4-3-5-7-16/h3-7,11,14-15,17H,8-10,12-13H2,1-2H3,(H,22,23)/t17-/m1/s1. The van der Waals surface area contributed by atoms with Gasteiger partial charge in [0.2, 0.25) is 5.91 Å². The Morgan fingerprint density at radius 2 is 2.07 bits per heavy atom. The molecule has 4 rings (SSSR count). The second-order valence-electron chi connectivity index (χ2n) is 7.68. The van der Waals surface area contributed by atoms with Gasteiger partial charge in [-0.05, 0) is 5.56 Å². The summed E-state index contributed by atoms with van der Waals surface area (Å²) in [4.78, 5) is 26.5. The number of likely N-dealkylation sites (tertiary alicyclic amines) is 1. The first-order valence-electron chi connectivity index (χ1n) is 9.83. The number of carbonyl (C=O) groups is 1. The summed E-state index contributed by atoms with van der Waals surface area (Å²) in [6, 6.07) is 10.3. The quantitative estimate of drug-likeness (QED) is 0.686. The first-order valence-corrected chi connectivity index (χ1v) is 9.83.